The Morgan fingerprint density at radius 2 is 1.85 bits per heavy atom. The van der Waals surface area contributed by atoms with Crippen LogP contribution in [0.25, 0.3) is 0 Å². The van der Waals surface area contributed by atoms with Crippen LogP contribution in [0.1, 0.15) is 16.7 Å². The van der Waals surface area contributed by atoms with Crippen LogP contribution in [0.3, 0.4) is 0 Å². The van der Waals surface area contributed by atoms with Crippen LogP contribution < -0.4 is 5.32 Å². The van der Waals surface area contributed by atoms with Gasteiger partial charge in [-0.05, 0) is 22.8 Å². The highest BCUT2D eigenvalue weighted by molar-refractivity contribution is 9.08. The zero-order chi connectivity index (χ0) is 14.4. The Balaban J connectivity index is 1.90. The minimum absolute atomic E-state index is 0.0256. The monoisotopic (exact) mass is 351 g/mol. The molecule has 0 unspecified atom stereocenters. The molecule has 0 aliphatic rings. The predicted octanol–water partition coefficient (Wildman–Crippen LogP) is 4.09. The fraction of sp³-hybridized carbons (Fsp3) is 0.188. The van der Waals surface area contributed by atoms with Crippen molar-refractivity contribution in [1.29, 1.82) is 0 Å². The van der Waals surface area contributed by atoms with Crippen molar-refractivity contribution in [1.82, 2.24) is 5.32 Å². The number of benzene rings is 2. The van der Waals surface area contributed by atoms with Crippen molar-refractivity contribution < 1.29 is 4.79 Å². The summed E-state index contributed by atoms with van der Waals surface area (Å²) in [4.78, 5) is 11.9. The van der Waals surface area contributed by atoms with Gasteiger partial charge in [0.15, 0.2) is 0 Å². The SMILES string of the molecule is O=C(Cc1ccccc1Cl)NCc1cccc(CBr)c1. The number of nitrogens with one attached hydrogen (secondary N) is 1. The molecular weight excluding hydrogens is 338 g/mol. The Morgan fingerprint density at radius 3 is 2.60 bits per heavy atom. The fourth-order valence-electron chi connectivity index (χ4n) is 1.90. The van der Waals surface area contributed by atoms with Gasteiger partial charge in [0.25, 0.3) is 0 Å². The highest BCUT2D eigenvalue weighted by Crippen LogP contribution is 2.15. The smallest absolute Gasteiger partial charge is 0.224 e. The van der Waals surface area contributed by atoms with Crippen molar-refractivity contribution in [3.8, 4) is 0 Å². The molecule has 104 valence electrons. The third kappa shape index (κ3) is 4.36. The van der Waals surface area contributed by atoms with E-state index in [0.717, 1.165) is 16.5 Å². The van der Waals surface area contributed by atoms with Crippen LogP contribution in [0.4, 0.5) is 0 Å². The Kier molecular flexibility index (Phi) is 5.62. The van der Waals surface area contributed by atoms with Crippen LogP contribution in [-0.2, 0) is 23.1 Å². The molecular formula is C16H15BrClNO. The molecule has 0 aliphatic heterocycles. The van der Waals surface area contributed by atoms with E-state index in [1.807, 2.05) is 36.4 Å². The first-order chi connectivity index (χ1) is 9.69. The molecule has 1 N–H and O–H groups in total. The van der Waals surface area contributed by atoms with Crippen molar-refractivity contribution in [2.75, 3.05) is 0 Å². The van der Waals surface area contributed by atoms with Crippen molar-refractivity contribution in [2.45, 2.75) is 18.3 Å². The lowest BCUT2D eigenvalue weighted by molar-refractivity contribution is -0.120. The summed E-state index contributed by atoms with van der Waals surface area (Å²) in [7, 11) is 0. The van der Waals surface area contributed by atoms with Crippen molar-refractivity contribution in [3.63, 3.8) is 0 Å². The summed E-state index contributed by atoms with van der Waals surface area (Å²) in [5.74, 6) is -0.0256. The van der Waals surface area contributed by atoms with Crippen molar-refractivity contribution >= 4 is 33.4 Å². The molecule has 2 rings (SSSR count). The normalized spacial score (nSPS) is 10.3. The second-order valence-corrected chi connectivity index (χ2v) is 5.47. The molecule has 0 saturated heterocycles. The van der Waals surface area contributed by atoms with Gasteiger partial charge in [0.05, 0.1) is 6.42 Å². The Bertz CT molecular complexity index is 601. The zero-order valence-electron chi connectivity index (χ0n) is 10.9. The first-order valence-corrected chi connectivity index (χ1v) is 7.83. The maximum absolute atomic E-state index is 11.9. The second kappa shape index (κ2) is 7.46. The predicted molar refractivity (Wildman–Crippen MR) is 86.1 cm³/mol. The van der Waals surface area contributed by atoms with Gasteiger partial charge in [-0.15, -0.1) is 0 Å². The van der Waals surface area contributed by atoms with Gasteiger partial charge in [0.1, 0.15) is 0 Å². The van der Waals surface area contributed by atoms with E-state index in [2.05, 4.69) is 27.3 Å². The lowest BCUT2D eigenvalue weighted by Crippen LogP contribution is -2.24. The highest BCUT2D eigenvalue weighted by atomic mass is 79.9. The zero-order valence-corrected chi connectivity index (χ0v) is 13.2. The topological polar surface area (TPSA) is 29.1 Å². The molecule has 2 nitrogen and oxygen atoms in total. The highest BCUT2D eigenvalue weighted by Gasteiger charge is 2.06. The van der Waals surface area contributed by atoms with Crippen molar-refractivity contribution in [2.24, 2.45) is 0 Å². The molecule has 2 aromatic carbocycles. The molecule has 0 bridgehead atoms. The molecule has 1 amide bonds. The molecule has 0 atom stereocenters. The summed E-state index contributed by atoms with van der Waals surface area (Å²) >= 11 is 9.46. The van der Waals surface area contributed by atoms with E-state index >= 15 is 0 Å². The van der Waals surface area contributed by atoms with Gasteiger partial charge >= 0.3 is 0 Å². The molecule has 2 aromatic rings. The van der Waals surface area contributed by atoms with E-state index in [1.54, 1.807) is 6.07 Å². The fourth-order valence-corrected chi connectivity index (χ4v) is 2.45. The number of amides is 1. The van der Waals surface area contributed by atoms with E-state index in [0.29, 0.717) is 18.0 Å². The van der Waals surface area contributed by atoms with E-state index in [1.165, 1.54) is 5.56 Å². The van der Waals surface area contributed by atoms with Gasteiger partial charge in [-0.1, -0.05) is 70.0 Å². The lowest BCUT2D eigenvalue weighted by Gasteiger charge is -2.07. The minimum Gasteiger partial charge on any atom is -0.352 e. The van der Waals surface area contributed by atoms with Crippen LogP contribution in [-0.4, -0.2) is 5.91 Å². The van der Waals surface area contributed by atoms with Gasteiger partial charge in [0.2, 0.25) is 5.91 Å². The summed E-state index contributed by atoms with van der Waals surface area (Å²) in [6, 6.07) is 15.5. The number of halogens is 2. The Hall–Kier alpha value is -1.32. The quantitative estimate of drug-likeness (QED) is 0.807. The number of rotatable bonds is 5. The van der Waals surface area contributed by atoms with E-state index in [4.69, 9.17) is 11.6 Å². The van der Waals surface area contributed by atoms with E-state index in [-0.39, 0.29) is 5.91 Å². The standard InChI is InChI=1S/C16H15BrClNO/c17-10-12-4-3-5-13(8-12)11-19-16(20)9-14-6-1-2-7-15(14)18/h1-8H,9-11H2,(H,19,20). The van der Waals surface area contributed by atoms with E-state index in [9.17, 15) is 4.79 Å². The summed E-state index contributed by atoms with van der Waals surface area (Å²) in [5, 5.41) is 4.36. The van der Waals surface area contributed by atoms with Crippen LogP contribution in [0, 0.1) is 0 Å². The Labute approximate surface area is 132 Å². The molecule has 0 spiro atoms. The third-order valence-corrected chi connectivity index (χ3v) is 3.96. The van der Waals surface area contributed by atoms with Gasteiger partial charge < -0.3 is 5.32 Å². The maximum Gasteiger partial charge on any atom is 0.224 e. The largest absolute Gasteiger partial charge is 0.352 e. The van der Waals surface area contributed by atoms with Crippen LogP contribution in [0.15, 0.2) is 48.5 Å². The summed E-state index contributed by atoms with van der Waals surface area (Å²) in [5.41, 5.74) is 3.14. The van der Waals surface area contributed by atoms with Gasteiger partial charge in [-0.2, -0.15) is 0 Å². The first-order valence-electron chi connectivity index (χ1n) is 6.33. The molecule has 0 heterocycles. The molecule has 0 aliphatic carbocycles. The molecule has 4 heteroatoms. The maximum atomic E-state index is 11.9. The Morgan fingerprint density at radius 1 is 1.10 bits per heavy atom. The van der Waals surface area contributed by atoms with Crippen LogP contribution in [0.5, 0.6) is 0 Å². The van der Waals surface area contributed by atoms with Gasteiger partial charge in [0, 0.05) is 16.9 Å². The van der Waals surface area contributed by atoms with Crippen LogP contribution >= 0.6 is 27.5 Å². The molecule has 20 heavy (non-hydrogen) atoms. The van der Waals surface area contributed by atoms with Crippen LogP contribution in [0.2, 0.25) is 5.02 Å². The number of carbonyl (C=O) groups excluding carboxylic acids is 1. The number of alkyl halides is 1. The third-order valence-electron chi connectivity index (χ3n) is 2.94. The average Bonchev–Trinajstić information content (AvgIpc) is 2.48. The second-order valence-electron chi connectivity index (χ2n) is 4.50. The minimum atomic E-state index is -0.0256. The molecule has 0 aromatic heterocycles. The first kappa shape index (κ1) is 15.1. The number of carbonyl (C=O) groups is 1. The van der Waals surface area contributed by atoms with Crippen molar-refractivity contribution in [3.05, 3.63) is 70.2 Å². The van der Waals surface area contributed by atoms with E-state index < -0.39 is 0 Å². The summed E-state index contributed by atoms with van der Waals surface area (Å²) < 4.78 is 0. The molecule has 0 radical (unpaired) electrons. The molecule has 0 fully saturated rings. The lowest BCUT2D eigenvalue weighted by atomic mass is 10.1. The summed E-state index contributed by atoms with van der Waals surface area (Å²) in [6.07, 6.45) is 0.303. The number of hydrogen-bond acceptors (Lipinski definition) is 1. The van der Waals surface area contributed by atoms with Gasteiger partial charge in [-0.3, -0.25) is 4.79 Å². The summed E-state index contributed by atoms with van der Waals surface area (Å²) in [6.45, 7) is 0.532. The number of hydrogen-bond donors (Lipinski definition) is 1. The average molecular weight is 353 g/mol. The molecule has 0 saturated carbocycles. The van der Waals surface area contributed by atoms with Gasteiger partial charge in [-0.25, -0.2) is 0 Å².